The Balaban J connectivity index is 2.91. The van der Waals surface area contributed by atoms with E-state index in [1.165, 1.54) is 12.4 Å². The predicted molar refractivity (Wildman–Crippen MR) is 68.9 cm³/mol. The van der Waals surface area contributed by atoms with Gasteiger partial charge in [0.15, 0.2) is 0 Å². The van der Waals surface area contributed by atoms with Crippen LogP contribution >= 0.6 is 0 Å². The van der Waals surface area contributed by atoms with Crippen LogP contribution in [-0.2, 0) is 0 Å². The van der Waals surface area contributed by atoms with Crippen LogP contribution in [0.15, 0.2) is 12.4 Å². The zero-order valence-electron chi connectivity index (χ0n) is 10.8. The number of nitrogen functional groups attached to an aromatic ring is 1. The summed E-state index contributed by atoms with van der Waals surface area (Å²) >= 11 is 0. The predicted octanol–water partition coefficient (Wildman–Crippen LogP) is 0.682. The average Bonchev–Trinajstić information content (AvgIpc) is 2.39. The molecule has 3 N–H and O–H groups in total. The van der Waals surface area contributed by atoms with Crippen molar-refractivity contribution in [2.45, 2.75) is 32.7 Å². The molecule has 0 atom stereocenters. The van der Waals surface area contributed by atoms with Gasteiger partial charge in [-0.1, -0.05) is 13.8 Å². The molecule has 0 aromatic carbocycles. The minimum Gasteiger partial charge on any atom is -0.395 e. The Kier molecular flexibility index (Phi) is 5.51. The Bertz CT molecular complexity index is 376. The molecule has 0 unspecified atom stereocenters. The minimum absolute atomic E-state index is 0.0648. The molecule has 0 aliphatic rings. The first-order valence-corrected chi connectivity index (χ1v) is 6.13. The molecule has 0 saturated carbocycles. The molecule has 0 bridgehead atoms. The number of nitrogens with two attached hydrogens (primary N) is 1. The van der Waals surface area contributed by atoms with Crippen molar-refractivity contribution in [3.8, 4) is 0 Å². The molecule has 0 radical (unpaired) electrons. The lowest BCUT2D eigenvalue weighted by atomic mass is 10.1. The molecule has 1 rings (SSSR count). The number of amides is 1. The van der Waals surface area contributed by atoms with Gasteiger partial charge in [-0.15, -0.1) is 0 Å². The summed E-state index contributed by atoms with van der Waals surface area (Å²) in [6.45, 7) is 4.27. The molecule has 0 spiro atoms. The summed E-state index contributed by atoms with van der Waals surface area (Å²) in [6, 6.07) is 0.101. The number of carbonyl (C=O) groups is 1. The fourth-order valence-electron chi connectivity index (χ4n) is 1.88. The Morgan fingerprint density at radius 1 is 1.39 bits per heavy atom. The van der Waals surface area contributed by atoms with Crippen LogP contribution in [0.25, 0.3) is 0 Å². The van der Waals surface area contributed by atoms with E-state index < -0.39 is 0 Å². The van der Waals surface area contributed by atoms with E-state index in [2.05, 4.69) is 9.97 Å². The lowest BCUT2D eigenvalue weighted by Gasteiger charge is -2.29. The standard InChI is InChI=1S/C12H20N4O2/c1-3-9(4-2)16(5-6-17)12(18)10-7-15-11(13)8-14-10/h7-9,17H,3-6H2,1-2H3,(H2,13,15). The topological polar surface area (TPSA) is 92.3 Å². The highest BCUT2D eigenvalue weighted by molar-refractivity contribution is 5.92. The number of rotatable bonds is 6. The van der Waals surface area contributed by atoms with Crippen molar-refractivity contribution in [2.24, 2.45) is 0 Å². The minimum atomic E-state index is -0.217. The lowest BCUT2D eigenvalue weighted by Crippen LogP contribution is -2.42. The Hall–Kier alpha value is -1.69. The van der Waals surface area contributed by atoms with Crippen LogP contribution in [0.4, 0.5) is 5.82 Å². The van der Waals surface area contributed by atoms with Gasteiger partial charge in [0.25, 0.3) is 5.91 Å². The molecule has 0 aliphatic heterocycles. The van der Waals surface area contributed by atoms with Gasteiger partial charge >= 0.3 is 0 Å². The Labute approximate surface area is 107 Å². The number of anilines is 1. The summed E-state index contributed by atoms with van der Waals surface area (Å²) in [6.07, 6.45) is 4.40. The Morgan fingerprint density at radius 2 is 2.06 bits per heavy atom. The second kappa shape index (κ2) is 6.90. The van der Waals surface area contributed by atoms with Crippen molar-refractivity contribution in [3.63, 3.8) is 0 Å². The number of hydrogen-bond acceptors (Lipinski definition) is 5. The van der Waals surface area contributed by atoms with Crippen molar-refractivity contribution in [3.05, 3.63) is 18.1 Å². The molecule has 1 heterocycles. The fourth-order valence-corrected chi connectivity index (χ4v) is 1.88. The summed E-state index contributed by atoms with van der Waals surface area (Å²) in [5.41, 5.74) is 5.69. The van der Waals surface area contributed by atoms with Gasteiger partial charge < -0.3 is 15.7 Å². The molecule has 0 aliphatic carbocycles. The summed E-state index contributed by atoms with van der Waals surface area (Å²) in [4.78, 5) is 21.7. The second-order valence-corrected chi connectivity index (χ2v) is 4.02. The highest BCUT2D eigenvalue weighted by Crippen LogP contribution is 2.12. The number of nitrogens with zero attached hydrogens (tertiary/aromatic N) is 3. The molecule has 1 amide bonds. The molecule has 18 heavy (non-hydrogen) atoms. The van der Waals surface area contributed by atoms with Gasteiger partial charge in [0.05, 0.1) is 19.0 Å². The van der Waals surface area contributed by atoms with Crippen LogP contribution in [-0.4, -0.2) is 45.1 Å². The van der Waals surface area contributed by atoms with Gasteiger partial charge in [-0.2, -0.15) is 0 Å². The molecule has 0 fully saturated rings. The molecule has 6 nitrogen and oxygen atoms in total. The summed E-state index contributed by atoms with van der Waals surface area (Å²) < 4.78 is 0. The van der Waals surface area contributed by atoms with Crippen LogP contribution in [0.3, 0.4) is 0 Å². The number of aliphatic hydroxyl groups excluding tert-OH is 1. The van der Waals surface area contributed by atoms with Gasteiger partial charge in [-0.3, -0.25) is 4.79 Å². The monoisotopic (exact) mass is 252 g/mol. The zero-order chi connectivity index (χ0) is 13.5. The van der Waals surface area contributed by atoms with Crippen LogP contribution in [0, 0.1) is 0 Å². The normalized spacial score (nSPS) is 10.7. The third kappa shape index (κ3) is 3.40. The molecule has 1 aromatic heterocycles. The number of hydrogen-bond donors (Lipinski definition) is 2. The van der Waals surface area contributed by atoms with E-state index in [9.17, 15) is 4.79 Å². The Morgan fingerprint density at radius 3 is 2.50 bits per heavy atom. The third-order valence-electron chi connectivity index (χ3n) is 2.88. The van der Waals surface area contributed by atoms with Crippen LogP contribution in [0.2, 0.25) is 0 Å². The number of carbonyl (C=O) groups excluding carboxylic acids is 1. The van der Waals surface area contributed by atoms with E-state index in [1.807, 2.05) is 13.8 Å². The van der Waals surface area contributed by atoms with E-state index in [4.69, 9.17) is 10.8 Å². The van der Waals surface area contributed by atoms with E-state index >= 15 is 0 Å². The first-order chi connectivity index (χ1) is 8.63. The molecule has 6 heteroatoms. The van der Waals surface area contributed by atoms with Gasteiger partial charge in [0, 0.05) is 12.6 Å². The summed E-state index contributed by atoms with van der Waals surface area (Å²) in [5.74, 6) is 0.0630. The molecule has 1 aromatic rings. The summed E-state index contributed by atoms with van der Waals surface area (Å²) in [5, 5.41) is 9.07. The SMILES string of the molecule is CCC(CC)N(CCO)C(=O)c1cnc(N)cn1. The number of aromatic nitrogens is 2. The molecular weight excluding hydrogens is 232 g/mol. The van der Waals surface area contributed by atoms with Crippen molar-refractivity contribution in [1.29, 1.82) is 0 Å². The first kappa shape index (κ1) is 14.4. The van der Waals surface area contributed by atoms with E-state index in [-0.39, 0.29) is 30.1 Å². The fraction of sp³-hybridized carbons (Fsp3) is 0.583. The van der Waals surface area contributed by atoms with Crippen molar-refractivity contribution in [1.82, 2.24) is 14.9 Å². The van der Waals surface area contributed by atoms with E-state index in [0.29, 0.717) is 6.54 Å². The maximum Gasteiger partial charge on any atom is 0.274 e. The first-order valence-electron chi connectivity index (χ1n) is 6.13. The zero-order valence-corrected chi connectivity index (χ0v) is 10.8. The van der Waals surface area contributed by atoms with E-state index in [1.54, 1.807) is 4.90 Å². The smallest absolute Gasteiger partial charge is 0.274 e. The maximum atomic E-state index is 12.3. The largest absolute Gasteiger partial charge is 0.395 e. The maximum absolute atomic E-state index is 12.3. The van der Waals surface area contributed by atoms with E-state index in [0.717, 1.165) is 12.8 Å². The lowest BCUT2D eigenvalue weighted by molar-refractivity contribution is 0.0616. The third-order valence-corrected chi connectivity index (χ3v) is 2.88. The van der Waals surface area contributed by atoms with Crippen molar-refractivity contribution < 1.29 is 9.90 Å². The quantitative estimate of drug-likeness (QED) is 0.776. The van der Waals surface area contributed by atoms with Gasteiger partial charge in [-0.05, 0) is 12.8 Å². The van der Waals surface area contributed by atoms with Gasteiger partial charge in [-0.25, -0.2) is 9.97 Å². The average molecular weight is 252 g/mol. The van der Waals surface area contributed by atoms with Gasteiger partial charge in [0.1, 0.15) is 11.5 Å². The van der Waals surface area contributed by atoms with Crippen LogP contribution < -0.4 is 5.73 Å². The molecular formula is C12H20N4O2. The van der Waals surface area contributed by atoms with Gasteiger partial charge in [0.2, 0.25) is 0 Å². The van der Waals surface area contributed by atoms with Crippen molar-refractivity contribution >= 4 is 11.7 Å². The molecule has 0 saturated heterocycles. The second-order valence-electron chi connectivity index (χ2n) is 4.02. The summed E-state index contributed by atoms with van der Waals surface area (Å²) in [7, 11) is 0. The number of aliphatic hydroxyl groups is 1. The van der Waals surface area contributed by atoms with Crippen LogP contribution in [0.5, 0.6) is 0 Å². The van der Waals surface area contributed by atoms with Crippen LogP contribution in [0.1, 0.15) is 37.2 Å². The highest BCUT2D eigenvalue weighted by Gasteiger charge is 2.22. The molecule has 100 valence electrons. The highest BCUT2D eigenvalue weighted by atomic mass is 16.3. The van der Waals surface area contributed by atoms with Crippen molar-refractivity contribution in [2.75, 3.05) is 18.9 Å².